The Balaban J connectivity index is 2.50. The van der Waals surface area contributed by atoms with E-state index in [1.807, 2.05) is 6.92 Å². The normalized spacial score (nSPS) is 16.2. The molecule has 0 aromatic carbocycles. The van der Waals surface area contributed by atoms with Crippen LogP contribution in [0.4, 0.5) is 0 Å². The van der Waals surface area contributed by atoms with E-state index in [0.717, 1.165) is 0 Å². The molecule has 150 valence electrons. The molecule has 2 aromatic rings. The fourth-order valence-corrected chi connectivity index (χ4v) is 3.57. The van der Waals surface area contributed by atoms with Crippen LogP contribution in [-0.2, 0) is 11.3 Å². The van der Waals surface area contributed by atoms with Crippen molar-refractivity contribution >= 4 is 22.4 Å². The number of primary amides is 1. The molecule has 1 aliphatic carbocycles. The molecule has 1 atom stereocenters. The maximum atomic E-state index is 12.4. The number of aromatic nitrogens is 2. The lowest BCUT2D eigenvalue weighted by Crippen LogP contribution is -2.23. The van der Waals surface area contributed by atoms with Crippen LogP contribution in [0.25, 0.3) is 16.5 Å². The summed E-state index contributed by atoms with van der Waals surface area (Å²) in [6, 6.07) is 2.14. The molecule has 1 unspecified atom stereocenters. The Kier molecular flexibility index (Phi) is 5.92. The number of carbonyl (C=O) groups excluding carboxylic acids is 1. The van der Waals surface area contributed by atoms with Crippen LogP contribution < -0.4 is 10.5 Å². The number of hydrogen-bond acceptors (Lipinski definition) is 7. The summed E-state index contributed by atoms with van der Waals surface area (Å²) in [6.45, 7) is 3.59. The van der Waals surface area contributed by atoms with Gasteiger partial charge < -0.3 is 20.3 Å². The number of rotatable bonds is 6. The van der Waals surface area contributed by atoms with Gasteiger partial charge in [-0.05, 0) is 25.5 Å². The van der Waals surface area contributed by atoms with Crippen molar-refractivity contribution in [3.63, 3.8) is 0 Å². The van der Waals surface area contributed by atoms with Crippen LogP contribution in [0.3, 0.4) is 0 Å². The second-order valence-corrected chi connectivity index (χ2v) is 6.57. The Morgan fingerprint density at radius 1 is 1.45 bits per heavy atom. The smallest absolute Gasteiger partial charge is 0.251 e. The third kappa shape index (κ3) is 3.58. The molecular formula is C21H22N4O4. The monoisotopic (exact) mass is 394 g/mol. The second kappa shape index (κ2) is 8.39. The summed E-state index contributed by atoms with van der Waals surface area (Å²) in [4.78, 5) is 21.3. The number of aryl methyl sites for hydroxylation is 1. The predicted molar refractivity (Wildman–Crippen MR) is 107 cm³/mol. The average Bonchev–Trinajstić information content (AvgIpc) is 2.72. The van der Waals surface area contributed by atoms with Gasteiger partial charge in [0.1, 0.15) is 0 Å². The highest BCUT2D eigenvalue weighted by molar-refractivity contribution is 6.08. The van der Waals surface area contributed by atoms with E-state index in [1.54, 1.807) is 26.2 Å². The Morgan fingerprint density at radius 3 is 2.79 bits per heavy atom. The van der Waals surface area contributed by atoms with Gasteiger partial charge in [0.25, 0.3) is 5.91 Å². The van der Waals surface area contributed by atoms with Crippen molar-refractivity contribution in [3.8, 4) is 11.9 Å². The standard InChI is InChI=1S/C21H22N4O4/c1-4-29-21-18-17(14-6-5-12(8-22)7-15(14)28-3)16(20(23)27)11(2)25-19(18)13(10-26)9-24-21/h5-6,9,15,26H,4,7,10H2,1-3H3,(H2,23,27). The molecule has 2 heterocycles. The Hall–Kier alpha value is -3.28. The molecule has 1 amide bonds. The van der Waals surface area contributed by atoms with Crippen LogP contribution in [0.5, 0.6) is 5.88 Å². The number of methoxy groups -OCH3 is 1. The third-order valence-electron chi connectivity index (χ3n) is 4.86. The minimum atomic E-state index is -0.644. The molecule has 0 aliphatic heterocycles. The van der Waals surface area contributed by atoms with E-state index >= 15 is 0 Å². The van der Waals surface area contributed by atoms with Crippen LogP contribution in [0.15, 0.2) is 23.9 Å². The third-order valence-corrected chi connectivity index (χ3v) is 4.86. The van der Waals surface area contributed by atoms with E-state index in [0.29, 0.717) is 51.9 Å². The van der Waals surface area contributed by atoms with E-state index in [1.165, 1.54) is 6.20 Å². The van der Waals surface area contributed by atoms with Gasteiger partial charge in [-0.25, -0.2) is 4.98 Å². The molecule has 0 spiro atoms. The maximum absolute atomic E-state index is 12.4. The topological polar surface area (TPSA) is 131 Å². The van der Waals surface area contributed by atoms with Gasteiger partial charge in [-0.2, -0.15) is 5.26 Å². The van der Waals surface area contributed by atoms with Gasteiger partial charge in [0, 0.05) is 36.4 Å². The zero-order valence-electron chi connectivity index (χ0n) is 16.5. The van der Waals surface area contributed by atoms with Gasteiger partial charge in [-0.15, -0.1) is 0 Å². The first-order valence-electron chi connectivity index (χ1n) is 9.16. The van der Waals surface area contributed by atoms with E-state index < -0.39 is 12.0 Å². The molecule has 0 radical (unpaired) electrons. The fraction of sp³-hybridized carbons (Fsp3) is 0.333. The van der Waals surface area contributed by atoms with E-state index in [4.69, 9.17) is 15.2 Å². The van der Waals surface area contributed by atoms with Crippen molar-refractivity contribution in [2.24, 2.45) is 5.73 Å². The van der Waals surface area contributed by atoms with Gasteiger partial charge in [0.2, 0.25) is 5.88 Å². The minimum absolute atomic E-state index is 0.234. The quantitative estimate of drug-likeness (QED) is 0.767. The number of pyridine rings is 2. The lowest BCUT2D eigenvalue weighted by atomic mass is 9.85. The molecule has 0 fully saturated rings. The Labute approximate surface area is 168 Å². The fourth-order valence-electron chi connectivity index (χ4n) is 3.57. The largest absolute Gasteiger partial charge is 0.477 e. The van der Waals surface area contributed by atoms with Crippen molar-refractivity contribution in [3.05, 3.63) is 46.3 Å². The first-order valence-corrected chi connectivity index (χ1v) is 9.16. The number of ether oxygens (including phenoxy) is 2. The first-order chi connectivity index (χ1) is 14.0. The van der Waals surface area contributed by atoms with Crippen LogP contribution in [-0.4, -0.2) is 40.8 Å². The van der Waals surface area contributed by atoms with Gasteiger partial charge in [0.05, 0.1) is 47.5 Å². The molecule has 8 nitrogen and oxygen atoms in total. The Bertz CT molecular complexity index is 1080. The number of carbonyl (C=O) groups is 1. The van der Waals surface area contributed by atoms with Crippen LogP contribution >= 0.6 is 0 Å². The minimum Gasteiger partial charge on any atom is -0.477 e. The number of aliphatic hydroxyl groups is 1. The van der Waals surface area contributed by atoms with E-state index in [-0.39, 0.29) is 18.1 Å². The summed E-state index contributed by atoms with van der Waals surface area (Å²) < 4.78 is 11.3. The summed E-state index contributed by atoms with van der Waals surface area (Å²) in [5.74, 6) is -0.356. The maximum Gasteiger partial charge on any atom is 0.251 e. The molecule has 0 bridgehead atoms. The number of nitriles is 1. The van der Waals surface area contributed by atoms with Crippen molar-refractivity contribution in [2.75, 3.05) is 13.7 Å². The van der Waals surface area contributed by atoms with Gasteiger partial charge in [-0.3, -0.25) is 9.78 Å². The highest BCUT2D eigenvalue weighted by atomic mass is 16.5. The summed E-state index contributed by atoms with van der Waals surface area (Å²) in [7, 11) is 1.54. The Morgan fingerprint density at radius 2 is 2.21 bits per heavy atom. The van der Waals surface area contributed by atoms with Crippen molar-refractivity contribution in [1.29, 1.82) is 5.26 Å². The molecule has 1 aliphatic rings. The molecule has 8 heteroatoms. The van der Waals surface area contributed by atoms with Crippen LogP contribution in [0.1, 0.15) is 40.5 Å². The number of aliphatic hydroxyl groups excluding tert-OH is 1. The molecule has 0 saturated carbocycles. The van der Waals surface area contributed by atoms with E-state index in [2.05, 4.69) is 16.0 Å². The lowest BCUT2D eigenvalue weighted by Gasteiger charge is -2.26. The molecule has 2 aromatic heterocycles. The molecule has 3 rings (SSSR count). The molecule has 0 saturated heterocycles. The highest BCUT2D eigenvalue weighted by Crippen LogP contribution is 2.40. The first kappa shape index (κ1) is 20.5. The molecule has 29 heavy (non-hydrogen) atoms. The molecular weight excluding hydrogens is 372 g/mol. The second-order valence-electron chi connectivity index (χ2n) is 6.57. The van der Waals surface area contributed by atoms with Gasteiger partial charge in [-0.1, -0.05) is 6.08 Å². The predicted octanol–water partition coefficient (Wildman–Crippen LogP) is 2.18. The SMILES string of the molecule is CCOc1ncc(CO)c2nc(C)c(C(N)=O)c(C3=CC=C(C#N)CC3OC)c12. The van der Waals surface area contributed by atoms with Crippen molar-refractivity contribution < 1.29 is 19.4 Å². The van der Waals surface area contributed by atoms with Gasteiger partial charge in [0.15, 0.2) is 0 Å². The van der Waals surface area contributed by atoms with Crippen molar-refractivity contribution in [2.45, 2.75) is 33.0 Å². The zero-order chi connectivity index (χ0) is 21.1. The number of nitrogens with zero attached hydrogens (tertiary/aromatic N) is 3. The number of nitrogens with two attached hydrogens (primary N) is 1. The number of fused-ring (bicyclic) bond motifs is 1. The number of hydrogen-bond donors (Lipinski definition) is 2. The molecule has 3 N–H and O–H groups in total. The van der Waals surface area contributed by atoms with E-state index in [9.17, 15) is 15.2 Å². The number of allylic oxidation sites excluding steroid dienone is 2. The summed E-state index contributed by atoms with van der Waals surface area (Å²) in [5, 5.41) is 19.5. The summed E-state index contributed by atoms with van der Waals surface area (Å²) in [6.07, 6.45) is 4.84. The lowest BCUT2D eigenvalue weighted by molar-refractivity contribution is 0.0999. The summed E-state index contributed by atoms with van der Waals surface area (Å²) >= 11 is 0. The zero-order valence-corrected chi connectivity index (χ0v) is 16.5. The highest BCUT2D eigenvalue weighted by Gasteiger charge is 2.30. The van der Waals surface area contributed by atoms with Crippen LogP contribution in [0, 0.1) is 18.3 Å². The number of amides is 1. The summed E-state index contributed by atoms with van der Waals surface area (Å²) in [5.41, 5.74) is 9.11. The van der Waals surface area contributed by atoms with Gasteiger partial charge >= 0.3 is 0 Å². The van der Waals surface area contributed by atoms with Crippen LogP contribution in [0.2, 0.25) is 0 Å². The average molecular weight is 394 g/mol. The van der Waals surface area contributed by atoms with Crippen molar-refractivity contribution in [1.82, 2.24) is 9.97 Å².